The van der Waals surface area contributed by atoms with E-state index in [1.807, 2.05) is 11.2 Å². The molecule has 3 rings (SSSR count). The second-order valence-corrected chi connectivity index (χ2v) is 7.72. The highest BCUT2D eigenvalue weighted by atomic mass is 32.2. The molecule has 0 unspecified atom stereocenters. The molecule has 7 nitrogen and oxygen atoms in total. The van der Waals surface area contributed by atoms with E-state index in [0.717, 1.165) is 4.34 Å². The van der Waals surface area contributed by atoms with Gasteiger partial charge in [0.15, 0.2) is 4.34 Å². The van der Waals surface area contributed by atoms with Crippen molar-refractivity contribution < 1.29 is 10.2 Å². The number of β-amino-alcohol motifs (C(OH)–C–C–N with tert-alkyl or cyclic N) is 1. The third-order valence-corrected chi connectivity index (χ3v) is 5.81. The lowest BCUT2D eigenvalue weighted by Crippen LogP contribution is -2.53. The molecular weight excluding hydrogens is 324 g/mol. The number of hydrogen-bond donors (Lipinski definition) is 2. The van der Waals surface area contributed by atoms with E-state index >= 15 is 0 Å². The van der Waals surface area contributed by atoms with Gasteiger partial charge in [-0.1, -0.05) is 23.1 Å². The molecule has 0 radical (unpaired) electrons. The van der Waals surface area contributed by atoms with Gasteiger partial charge >= 0.3 is 0 Å². The van der Waals surface area contributed by atoms with Crippen molar-refractivity contribution in [2.24, 2.45) is 0 Å². The number of aliphatic hydroxyl groups is 2. The molecule has 1 aliphatic heterocycles. The number of rotatable bonds is 3. The van der Waals surface area contributed by atoms with Crippen LogP contribution in [0.15, 0.2) is 15.2 Å². The summed E-state index contributed by atoms with van der Waals surface area (Å²) in [5, 5.41) is 24.1. The molecule has 22 heavy (non-hydrogen) atoms. The molecule has 2 atom stereocenters. The average Bonchev–Trinajstić information content (AvgIpc) is 2.87. The Morgan fingerprint density at radius 3 is 3.05 bits per heavy atom. The first-order chi connectivity index (χ1) is 10.4. The predicted molar refractivity (Wildman–Crippen MR) is 85.4 cm³/mol. The van der Waals surface area contributed by atoms with Gasteiger partial charge in [-0.3, -0.25) is 9.69 Å². The summed E-state index contributed by atoms with van der Waals surface area (Å²) in [6, 6.07) is 1.48. The lowest BCUT2D eigenvalue weighted by Gasteiger charge is -2.39. The topological polar surface area (TPSA) is 91.0 Å². The molecular formula is C13H18N4O3S2. The van der Waals surface area contributed by atoms with Crippen LogP contribution in [0.5, 0.6) is 0 Å². The highest BCUT2D eigenvalue weighted by Crippen LogP contribution is 2.23. The summed E-state index contributed by atoms with van der Waals surface area (Å²) >= 11 is 2.86. The van der Waals surface area contributed by atoms with Crippen LogP contribution in [0.3, 0.4) is 0 Å². The zero-order valence-electron chi connectivity index (χ0n) is 12.4. The van der Waals surface area contributed by atoms with Crippen molar-refractivity contribution in [1.82, 2.24) is 19.5 Å². The summed E-state index contributed by atoms with van der Waals surface area (Å²) in [6.07, 6.45) is 1.61. The number of likely N-dealkylation sites (tertiary alicyclic amines) is 1. The fourth-order valence-electron chi connectivity index (χ4n) is 2.46. The van der Waals surface area contributed by atoms with Crippen LogP contribution in [-0.2, 0) is 6.54 Å². The molecule has 2 N–H and O–H groups in total. The molecule has 0 aromatic carbocycles. The van der Waals surface area contributed by atoms with E-state index < -0.39 is 11.7 Å². The standard InChI is InChI=1S/C13H18N4O3S2/c1-13(20)3-4-16(7-9(13)18)6-8-5-10(19)17-11(14-8)22-12(15-17)21-2/h5,9,18,20H,3-4,6-7H2,1-2H3/t9-,13-/m1/s1. The molecule has 3 heterocycles. The summed E-state index contributed by atoms with van der Waals surface area (Å²) in [7, 11) is 0. The second-order valence-electron chi connectivity index (χ2n) is 5.71. The van der Waals surface area contributed by atoms with E-state index in [1.165, 1.54) is 33.7 Å². The van der Waals surface area contributed by atoms with E-state index in [9.17, 15) is 15.0 Å². The van der Waals surface area contributed by atoms with Crippen molar-refractivity contribution in [1.29, 1.82) is 0 Å². The Balaban J connectivity index is 1.81. The fraction of sp³-hybridized carbons (Fsp3) is 0.615. The minimum Gasteiger partial charge on any atom is -0.389 e. The Bertz CT molecular complexity index is 742. The van der Waals surface area contributed by atoms with Crippen molar-refractivity contribution in [3.63, 3.8) is 0 Å². The highest BCUT2D eigenvalue weighted by Gasteiger charge is 2.36. The van der Waals surface area contributed by atoms with Crippen molar-refractivity contribution in [3.8, 4) is 0 Å². The quantitative estimate of drug-likeness (QED) is 0.770. The number of aromatic nitrogens is 3. The number of piperidine rings is 1. The maximum atomic E-state index is 12.1. The normalized spacial score (nSPS) is 26.6. The van der Waals surface area contributed by atoms with Crippen molar-refractivity contribution >= 4 is 28.1 Å². The molecule has 0 saturated carbocycles. The molecule has 1 saturated heterocycles. The van der Waals surface area contributed by atoms with E-state index in [-0.39, 0.29) is 5.56 Å². The van der Waals surface area contributed by atoms with Crippen LogP contribution in [0.2, 0.25) is 0 Å². The Hall–Kier alpha value is -1.00. The van der Waals surface area contributed by atoms with Gasteiger partial charge in [0.1, 0.15) is 0 Å². The molecule has 1 fully saturated rings. The molecule has 2 aromatic heterocycles. The summed E-state index contributed by atoms with van der Waals surface area (Å²) in [6.45, 7) is 3.15. The van der Waals surface area contributed by atoms with Gasteiger partial charge < -0.3 is 10.2 Å². The molecule has 0 aliphatic carbocycles. The van der Waals surface area contributed by atoms with E-state index in [4.69, 9.17) is 0 Å². The monoisotopic (exact) mass is 342 g/mol. The SMILES string of the molecule is CSc1nn2c(=O)cc(CN3CC[C@@](C)(O)[C@H](O)C3)nc2s1. The zero-order chi connectivity index (χ0) is 15.9. The first-order valence-corrected chi connectivity index (χ1v) is 9.00. The number of fused-ring (bicyclic) bond motifs is 1. The van der Waals surface area contributed by atoms with Gasteiger partial charge in [-0.25, -0.2) is 4.98 Å². The van der Waals surface area contributed by atoms with Crippen LogP contribution >= 0.6 is 23.1 Å². The van der Waals surface area contributed by atoms with Gasteiger partial charge in [-0.2, -0.15) is 4.52 Å². The van der Waals surface area contributed by atoms with E-state index in [0.29, 0.717) is 36.7 Å². The highest BCUT2D eigenvalue weighted by molar-refractivity contribution is 8.00. The number of nitrogens with zero attached hydrogens (tertiary/aromatic N) is 4. The van der Waals surface area contributed by atoms with Crippen LogP contribution < -0.4 is 5.56 Å². The molecule has 0 amide bonds. The summed E-state index contributed by atoms with van der Waals surface area (Å²) in [5.74, 6) is 0. The minimum atomic E-state index is -1.04. The Morgan fingerprint density at radius 1 is 1.59 bits per heavy atom. The van der Waals surface area contributed by atoms with Crippen LogP contribution in [-0.4, -0.2) is 60.8 Å². The van der Waals surface area contributed by atoms with Crippen LogP contribution in [0.4, 0.5) is 0 Å². The Morgan fingerprint density at radius 2 is 2.36 bits per heavy atom. The second kappa shape index (κ2) is 5.89. The Kier molecular flexibility index (Phi) is 4.25. The van der Waals surface area contributed by atoms with Gasteiger partial charge in [0.05, 0.1) is 17.4 Å². The van der Waals surface area contributed by atoms with Gasteiger partial charge in [0.25, 0.3) is 5.56 Å². The smallest absolute Gasteiger partial charge is 0.275 e. The van der Waals surface area contributed by atoms with Crippen LogP contribution in [0.25, 0.3) is 4.96 Å². The molecule has 2 aromatic rings. The van der Waals surface area contributed by atoms with Crippen molar-refractivity contribution in [2.45, 2.75) is 35.9 Å². The first-order valence-electron chi connectivity index (χ1n) is 6.95. The molecule has 1 aliphatic rings. The summed E-state index contributed by atoms with van der Waals surface area (Å²) < 4.78 is 2.11. The van der Waals surface area contributed by atoms with Crippen molar-refractivity contribution in [2.75, 3.05) is 19.3 Å². The lowest BCUT2D eigenvalue weighted by atomic mass is 9.91. The molecule has 0 bridgehead atoms. The molecule has 120 valence electrons. The third-order valence-electron chi connectivity index (χ3n) is 3.92. The molecule has 0 spiro atoms. The minimum absolute atomic E-state index is 0.193. The van der Waals surface area contributed by atoms with Crippen LogP contribution in [0.1, 0.15) is 19.0 Å². The number of aliphatic hydroxyl groups excluding tert-OH is 1. The largest absolute Gasteiger partial charge is 0.389 e. The summed E-state index contributed by atoms with van der Waals surface area (Å²) in [4.78, 5) is 19.1. The molecule has 9 heteroatoms. The maximum absolute atomic E-state index is 12.1. The first kappa shape index (κ1) is 15.9. The summed E-state index contributed by atoms with van der Waals surface area (Å²) in [5.41, 5.74) is -0.575. The van der Waals surface area contributed by atoms with Crippen molar-refractivity contribution in [3.05, 3.63) is 22.1 Å². The maximum Gasteiger partial charge on any atom is 0.275 e. The zero-order valence-corrected chi connectivity index (χ0v) is 14.0. The van der Waals surface area contributed by atoms with Crippen LogP contribution in [0, 0.1) is 0 Å². The van der Waals surface area contributed by atoms with E-state index in [1.54, 1.807) is 6.92 Å². The van der Waals surface area contributed by atoms with E-state index in [2.05, 4.69) is 10.1 Å². The Labute approximate surface area is 135 Å². The van der Waals surface area contributed by atoms with Gasteiger partial charge in [0.2, 0.25) is 4.96 Å². The number of thioether (sulfide) groups is 1. The lowest BCUT2D eigenvalue weighted by molar-refractivity contribution is -0.108. The average molecular weight is 342 g/mol. The fourth-order valence-corrected chi connectivity index (χ4v) is 3.84. The third kappa shape index (κ3) is 3.04. The van der Waals surface area contributed by atoms with Gasteiger partial charge in [-0.15, -0.1) is 5.10 Å². The van der Waals surface area contributed by atoms with Gasteiger partial charge in [-0.05, 0) is 19.6 Å². The van der Waals surface area contributed by atoms with Gasteiger partial charge in [0, 0.05) is 25.7 Å². The number of hydrogen-bond acceptors (Lipinski definition) is 8. The predicted octanol–water partition coefficient (Wildman–Crippen LogP) is 0.190.